The molecule has 98 valence electrons. The van der Waals surface area contributed by atoms with Gasteiger partial charge < -0.3 is 4.52 Å². The predicted octanol–water partition coefficient (Wildman–Crippen LogP) is 4.14. The highest BCUT2D eigenvalue weighted by atomic mass is 31.1. The summed E-state index contributed by atoms with van der Waals surface area (Å²) in [6.07, 6.45) is 0. The van der Waals surface area contributed by atoms with Gasteiger partial charge in [-0.25, -0.2) is 0 Å². The number of benzene rings is 2. The van der Waals surface area contributed by atoms with Crippen molar-refractivity contribution in [2.24, 2.45) is 0 Å². The van der Waals surface area contributed by atoms with Crippen LogP contribution in [0.5, 0.6) is 5.75 Å². The average Bonchev–Trinajstić information content (AvgIpc) is 2.37. The Kier molecular flexibility index (Phi) is 2.79. The molecule has 1 heterocycles. The van der Waals surface area contributed by atoms with Crippen LogP contribution in [0.4, 0.5) is 0 Å². The Bertz CT molecular complexity index is 669. The third-order valence-electron chi connectivity index (χ3n) is 3.49. The van der Waals surface area contributed by atoms with E-state index in [0.29, 0.717) is 0 Å². The number of hydrogen-bond donors (Lipinski definition) is 0. The minimum absolute atomic E-state index is 0.0497. The van der Waals surface area contributed by atoms with Crippen molar-refractivity contribution < 1.29 is 9.09 Å². The van der Waals surface area contributed by atoms with Crippen LogP contribution in [0, 0.1) is 0 Å². The van der Waals surface area contributed by atoms with Crippen molar-refractivity contribution >= 4 is 13.3 Å². The fourth-order valence-corrected chi connectivity index (χ4v) is 3.55. The molecule has 3 rings (SSSR count). The molecule has 0 saturated carbocycles. The molecule has 1 atom stereocenters. The maximum absolute atomic E-state index is 12.3. The first-order valence-electron chi connectivity index (χ1n) is 6.43. The lowest BCUT2D eigenvalue weighted by atomic mass is 9.86. The van der Waals surface area contributed by atoms with E-state index >= 15 is 0 Å². The Morgan fingerprint density at radius 3 is 2.47 bits per heavy atom. The van der Waals surface area contributed by atoms with Crippen molar-refractivity contribution in [3.8, 4) is 16.9 Å². The van der Waals surface area contributed by atoms with Gasteiger partial charge in [0.1, 0.15) is 5.75 Å². The zero-order valence-corrected chi connectivity index (χ0v) is 12.4. The highest BCUT2D eigenvalue weighted by Crippen LogP contribution is 2.43. The van der Waals surface area contributed by atoms with E-state index in [4.69, 9.17) is 4.52 Å². The summed E-state index contributed by atoms with van der Waals surface area (Å²) >= 11 is 0. The van der Waals surface area contributed by atoms with Gasteiger partial charge in [0, 0.05) is 5.56 Å². The summed E-state index contributed by atoms with van der Waals surface area (Å²) in [5, 5.41) is 0.844. The van der Waals surface area contributed by atoms with E-state index in [1.165, 1.54) is 5.56 Å². The van der Waals surface area contributed by atoms with Gasteiger partial charge in [0.2, 0.25) is 0 Å². The van der Waals surface area contributed by atoms with Gasteiger partial charge in [0.05, 0.1) is 5.30 Å². The molecule has 0 spiro atoms. The molecule has 1 unspecified atom stereocenters. The fourth-order valence-electron chi connectivity index (χ4n) is 2.35. The molecule has 0 bridgehead atoms. The molecule has 0 amide bonds. The molecule has 0 N–H and O–H groups in total. The van der Waals surface area contributed by atoms with Crippen molar-refractivity contribution in [3.63, 3.8) is 0 Å². The summed E-state index contributed by atoms with van der Waals surface area (Å²) in [5.74, 6) is 0.724. The van der Waals surface area contributed by atoms with Crippen LogP contribution in [-0.2, 0) is 9.98 Å². The molecule has 0 aromatic heterocycles. The monoisotopic (exact) mass is 272 g/mol. The van der Waals surface area contributed by atoms with Gasteiger partial charge in [-0.15, -0.1) is 0 Å². The van der Waals surface area contributed by atoms with Gasteiger partial charge in [-0.2, -0.15) is 0 Å². The predicted molar refractivity (Wildman–Crippen MR) is 79.8 cm³/mol. The number of para-hydroxylation sites is 1. The van der Waals surface area contributed by atoms with Gasteiger partial charge in [-0.1, -0.05) is 51.1 Å². The van der Waals surface area contributed by atoms with E-state index in [0.717, 1.165) is 22.2 Å². The van der Waals surface area contributed by atoms with Gasteiger partial charge >= 0.3 is 0 Å². The molecule has 3 heteroatoms. The van der Waals surface area contributed by atoms with Crippen LogP contribution in [0.2, 0.25) is 0 Å². The van der Waals surface area contributed by atoms with Crippen LogP contribution < -0.4 is 9.83 Å². The summed E-state index contributed by atoms with van der Waals surface area (Å²) < 4.78 is 17.9. The largest absolute Gasteiger partial charge is 0.441 e. The van der Waals surface area contributed by atoms with Crippen molar-refractivity contribution in [2.45, 2.75) is 26.2 Å². The van der Waals surface area contributed by atoms with Crippen LogP contribution in [0.15, 0.2) is 42.5 Å². The maximum atomic E-state index is 12.3. The number of hydrogen-bond acceptors (Lipinski definition) is 2. The van der Waals surface area contributed by atoms with Gasteiger partial charge in [-0.05, 0) is 28.7 Å². The smallest absolute Gasteiger partial charge is 0.266 e. The Balaban J connectivity index is 2.22. The summed E-state index contributed by atoms with van der Waals surface area (Å²) in [5.41, 5.74) is 3.31. The molecular weight excluding hydrogens is 255 g/mol. The second-order valence-electron chi connectivity index (χ2n) is 5.90. The van der Waals surface area contributed by atoms with Crippen LogP contribution in [0.25, 0.3) is 11.1 Å². The minimum Gasteiger partial charge on any atom is -0.441 e. The Labute approximate surface area is 114 Å². The molecule has 19 heavy (non-hydrogen) atoms. The summed E-state index contributed by atoms with van der Waals surface area (Å²) in [6.45, 7) is 6.47. The first-order valence-corrected chi connectivity index (χ1v) is 7.74. The maximum Gasteiger partial charge on any atom is 0.266 e. The molecule has 2 nitrogen and oxygen atoms in total. The Hall–Kier alpha value is -1.53. The van der Waals surface area contributed by atoms with E-state index in [2.05, 4.69) is 32.9 Å². The molecular formula is C16H17O2P. The van der Waals surface area contributed by atoms with Crippen molar-refractivity contribution in [1.29, 1.82) is 0 Å². The third-order valence-corrected chi connectivity index (χ3v) is 4.74. The highest BCUT2D eigenvalue weighted by Gasteiger charge is 2.24. The minimum atomic E-state index is -2.19. The quantitative estimate of drug-likeness (QED) is 0.674. The Morgan fingerprint density at radius 2 is 1.74 bits per heavy atom. The zero-order valence-electron chi connectivity index (χ0n) is 11.4. The van der Waals surface area contributed by atoms with Crippen molar-refractivity contribution in [1.82, 2.24) is 0 Å². The lowest BCUT2D eigenvalue weighted by molar-refractivity contribution is 0.513. The summed E-state index contributed by atoms with van der Waals surface area (Å²) in [7, 11) is -2.19. The SMILES string of the molecule is CC(C)(C)c1ccc2c(c1)[PH](=O)Oc1ccccc1-2. The van der Waals surface area contributed by atoms with Crippen LogP contribution in [0.1, 0.15) is 26.3 Å². The van der Waals surface area contributed by atoms with Crippen molar-refractivity contribution in [3.05, 3.63) is 48.0 Å². The van der Waals surface area contributed by atoms with Crippen LogP contribution in [-0.4, -0.2) is 0 Å². The van der Waals surface area contributed by atoms with Crippen LogP contribution in [0.3, 0.4) is 0 Å². The standard InChI is InChI=1S/C16H17O2P/c1-16(2,3)11-8-9-13-12-6-4-5-7-14(12)18-19(17)15(13)10-11/h4-10,19H,1-3H3. The number of fused-ring (bicyclic) bond motifs is 3. The molecule has 0 radical (unpaired) electrons. The van der Waals surface area contributed by atoms with E-state index in [1.54, 1.807) is 0 Å². The van der Waals surface area contributed by atoms with Crippen molar-refractivity contribution in [2.75, 3.05) is 0 Å². The lowest BCUT2D eigenvalue weighted by Gasteiger charge is -2.24. The molecule has 2 aromatic rings. The average molecular weight is 272 g/mol. The Morgan fingerprint density at radius 1 is 1.00 bits per heavy atom. The van der Waals surface area contributed by atoms with Gasteiger partial charge in [-0.3, -0.25) is 4.57 Å². The molecule has 1 aliphatic rings. The third kappa shape index (κ3) is 2.11. The molecule has 0 saturated heterocycles. The first-order chi connectivity index (χ1) is 8.97. The topological polar surface area (TPSA) is 26.3 Å². The molecule has 1 aliphatic heterocycles. The van der Waals surface area contributed by atoms with Gasteiger partial charge in [0.25, 0.3) is 8.03 Å². The van der Waals surface area contributed by atoms with E-state index in [-0.39, 0.29) is 5.41 Å². The number of rotatable bonds is 0. The highest BCUT2D eigenvalue weighted by molar-refractivity contribution is 7.49. The normalized spacial score (nSPS) is 17.3. The first kappa shape index (κ1) is 12.5. The van der Waals surface area contributed by atoms with Gasteiger partial charge in [0.15, 0.2) is 0 Å². The zero-order chi connectivity index (χ0) is 13.6. The molecule has 0 fully saturated rings. The van der Waals surface area contributed by atoms with E-state index in [1.807, 2.05) is 30.3 Å². The fraction of sp³-hybridized carbons (Fsp3) is 0.250. The second-order valence-corrected chi connectivity index (χ2v) is 7.21. The summed E-state index contributed by atoms with van der Waals surface area (Å²) in [6, 6.07) is 14.0. The van der Waals surface area contributed by atoms with E-state index < -0.39 is 8.03 Å². The second kappa shape index (κ2) is 4.25. The van der Waals surface area contributed by atoms with Crippen LogP contribution >= 0.6 is 8.03 Å². The lowest BCUT2D eigenvalue weighted by Crippen LogP contribution is -2.17. The summed E-state index contributed by atoms with van der Waals surface area (Å²) in [4.78, 5) is 0. The molecule has 0 aliphatic carbocycles. The molecule has 2 aromatic carbocycles. The van der Waals surface area contributed by atoms with E-state index in [9.17, 15) is 4.57 Å².